The Morgan fingerprint density at radius 1 is 1.35 bits per heavy atom. The van der Waals surface area contributed by atoms with Crippen LogP contribution in [0.3, 0.4) is 0 Å². The predicted molar refractivity (Wildman–Crippen MR) is 83.0 cm³/mol. The average molecular weight is 335 g/mol. The summed E-state index contributed by atoms with van der Waals surface area (Å²) in [6, 6.07) is 7.78. The number of ether oxygens (including phenoxy) is 1. The molecule has 122 valence electrons. The van der Waals surface area contributed by atoms with Crippen molar-refractivity contribution in [3.05, 3.63) is 42.7 Å². The van der Waals surface area contributed by atoms with Gasteiger partial charge in [-0.15, -0.1) is 0 Å². The lowest BCUT2D eigenvalue weighted by atomic mass is 10.2. The molecule has 2 heterocycles. The maximum atomic E-state index is 12.7. The Hall–Kier alpha value is -2.19. The number of nitrogens with zero attached hydrogens (tertiary/aromatic N) is 2. The number of carbonyl (C=O) groups excluding carboxylic acids is 1. The van der Waals surface area contributed by atoms with Gasteiger partial charge in [0, 0.05) is 18.9 Å². The molecule has 1 aromatic carbocycles. The summed E-state index contributed by atoms with van der Waals surface area (Å²) in [6.45, 7) is 0.239. The Kier molecular flexibility index (Phi) is 4.18. The predicted octanol–water partition coefficient (Wildman–Crippen LogP) is 0.549. The second-order valence-corrected chi connectivity index (χ2v) is 7.56. The summed E-state index contributed by atoms with van der Waals surface area (Å²) in [6.07, 6.45) is 3.66. The van der Waals surface area contributed by atoms with Crippen LogP contribution < -0.4 is 5.32 Å². The molecule has 1 saturated heterocycles. The van der Waals surface area contributed by atoms with E-state index in [1.807, 2.05) is 0 Å². The summed E-state index contributed by atoms with van der Waals surface area (Å²) >= 11 is 0. The first-order chi connectivity index (χ1) is 11.0. The van der Waals surface area contributed by atoms with Crippen molar-refractivity contribution < 1.29 is 17.9 Å². The fourth-order valence-corrected chi connectivity index (χ4v) is 4.33. The number of hydrogen-bond donors (Lipinski definition) is 1. The Morgan fingerprint density at radius 2 is 2.09 bits per heavy atom. The zero-order valence-corrected chi connectivity index (χ0v) is 13.4. The minimum Gasteiger partial charge on any atom is -0.468 e. The molecule has 0 spiro atoms. The SMILES string of the molecule is COC(=O)[C@@H]1C[C@@H](S(=O)(=O)c2ccc(-n3cccn3)cc2)CN1. The Bertz CT molecular complexity index is 785. The molecule has 2 atom stereocenters. The van der Waals surface area contributed by atoms with Gasteiger partial charge in [0.2, 0.25) is 0 Å². The number of esters is 1. The van der Waals surface area contributed by atoms with Gasteiger partial charge in [-0.3, -0.25) is 4.79 Å². The number of sulfone groups is 1. The molecule has 0 aliphatic carbocycles. The highest BCUT2D eigenvalue weighted by molar-refractivity contribution is 7.92. The number of benzene rings is 1. The number of hydrogen-bond acceptors (Lipinski definition) is 6. The smallest absolute Gasteiger partial charge is 0.322 e. The molecule has 0 unspecified atom stereocenters. The van der Waals surface area contributed by atoms with Crippen LogP contribution in [0.25, 0.3) is 5.69 Å². The molecule has 2 aromatic rings. The van der Waals surface area contributed by atoms with E-state index in [1.54, 1.807) is 47.4 Å². The fourth-order valence-electron chi connectivity index (χ4n) is 2.66. The van der Waals surface area contributed by atoms with Gasteiger partial charge < -0.3 is 10.1 Å². The second kappa shape index (κ2) is 6.13. The molecule has 0 saturated carbocycles. The van der Waals surface area contributed by atoms with Crippen molar-refractivity contribution in [3.8, 4) is 5.69 Å². The average Bonchev–Trinajstić information content (AvgIpc) is 3.26. The zero-order valence-electron chi connectivity index (χ0n) is 12.5. The van der Waals surface area contributed by atoms with E-state index in [1.165, 1.54) is 7.11 Å². The van der Waals surface area contributed by atoms with Crippen LogP contribution in [-0.2, 0) is 19.4 Å². The third-order valence-corrected chi connectivity index (χ3v) is 6.12. The molecule has 8 heteroatoms. The molecule has 23 heavy (non-hydrogen) atoms. The molecule has 7 nitrogen and oxygen atoms in total. The molecular weight excluding hydrogens is 318 g/mol. The molecule has 0 bridgehead atoms. The Labute approximate surface area is 134 Å². The summed E-state index contributed by atoms with van der Waals surface area (Å²) in [7, 11) is -2.21. The summed E-state index contributed by atoms with van der Waals surface area (Å²) < 4.78 is 31.7. The van der Waals surface area contributed by atoms with Crippen LogP contribution in [0.2, 0.25) is 0 Å². The molecule has 1 aromatic heterocycles. The third-order valence-electron chi connectivity index (χ3n) is 3.95. The highest BCUT2D eigenvalue weighted by atomic mass is 32.2. The fraction of sp³-hybridized carbons (Fsp3) is 0.333. The largest absolute Gasteiger partial charge is 0.468 e. The molecule has 1 fully saturated rings. The minimum absolute atomic E-state index is 0.218. The first kappa shape index (κ1) is 15.7. The number of carbonyl (C=O) groups is 1. The van der Waals surface area contributed by atoms with E-state index in [2.05, 4.69) is 15.2 Å². The van der Waals surface area contributed by atoms with Gasteiger partial charge in [0.05, 0.1) is 22.9 Å². The van der Waals surface area contributed by atoms with E-state index in [0.29, 0.717) is 0 Å². The third kappa shape index (κ3) is 2.99. The van der Waals surface area contributed by atoms with E-state index in [-0.39, 0.29) is 17.9 Å². The zero-order chi connectivity index (χ0) is 16.4. The second-order valence-electron chi connectivity index (χ2n) is 5.33. The lowest BCUT2D eigenvalue weighted by Gasteiger charge is -2.11. The quantitative estimate of drug-likeness (QED) is 0.821. The molecule has 3 rings (SSSR count). The van der Waals surface area contributed by atoms with Gasteiger partial charge in [-0.2, -0.15) is 5.10 Å². The van der Waals surface area contributed by atoms with Crippen molar-refractivity contribution >= 4 is 15.8 Å². The van der Waals surface area contributed by atoms with E-state index >= 15 is 0 Å². The van der Waals surface area contributed by atoms with Crippen LogP contribution in [0, 0.1) is 0 Å². The Balaban J connectivity index is 1.79. The minimum atomic E-state index is -3.50. The summed E-state index contributed by atoms with van der Waals surface area (Å²) in [5, 5.41) is 6.36. The number of aromatic nitrogens is 2. The van der Waals surface area contributed by atoms with E-state index in [4.69, 9.17) is 0 Å². The molecule has 1 aliphatic rings. The molecule has 1 N–H and O–H groups in total. The number of rotatable bonds is 4. The van der Waals surface area contributed by atoms with Gasteiger partial charge in [0.15, 0.2) is 9.84 Å². The van der Waals surface area contributed by atoms with E-state index in [0.717, 1.165) is 5.69 Å². The number of methoxy groups -OCH3 is 1. The topological polar surface area (TPSA) is 90.3 Å². The maximum Gasteiger partial charge on any atom is 0.322 e. The van der Waals surface area contributed by atoms with Crippen molar-refractivity contribution in [2.45, 2.75) is 22.6 Å². The number of nitrogens with one attached hydrogen (secondary N) is 1. The van der Waals surface area contributed by atoms with E-state index in [9.17, 15) is 13.2 Å². The monoisotopic (exact) mass is 335 g/mol. The first-order valence-corrected chi connectivity index (χ1v) is 8.72. The summed E-state index contributed by atoms with van der Waals surface area (Å²) in [5.41, 5.74) is 0.783. The van der Waals surface area contributed by atoms with Gasteiger partial charge in [-0.1, -0.05) is 0 Å². The van der Waals surface area contributed by atoms with Gasteiger partial charge in [-0.05, 0) is 36.8 Å². The lowest BCUT2D eigenvalue weighted by molar-refractivity contribution is -0.142. The van der Waals surface area contributed by atoms with Crippen LogP contribution in [0.4, 0.5) is 0 Å². The molecular formula is C15H17N3O4S. The van der Waals surface area contributed by atoms with Gasteiger partial charge in [0.1, 0.15) is 6.04 Å². The van der Waals surface area contributed by atoms with Crippen molar-refractivity contribution in [3.63, 3.8) is 0 Å². The van der Waals surface area contributed by atoms with Crippen LogP contribution >= 0.6 is 0 Å². The normalized spacial score (nSPS) is 21.3. The van der Waals surface area contributed by atoms with Crippen molar-refractivity contribution in [2.75, 3.05) is 13.7 Å². The highest BCUT2D eigenvalue weighted by Crippen LogP contribution is 2.24. The van der Waals surface area contributed by atoms with Crippen molar-refractivity contribution in [1.29, 1.82) is 0 Å². The molecule has 0 radical (unpaired) electrons. The standard InChI is InChI=1S/C15H17N3O4S/c1-22-15(19)14-9-13(10-16-14)23(20,21)12-5-3-11(4-6-12)18-8-2-7-17-18/h2-8,13-14,16H,9-10H2,1H3/t13-,14+/m1/s1. The highest BCUT2D eigenvalue weighted by Gasteiger charge is 2.38. The maximum absolute atomic E-state index is 12.7. The van der Waals surface area contributed by atoms with Gasteiger partial charge in [0.25, 0.3) is 0 Å². The van der Waals surface area contributed by atoms with Crippen LogP contribution in [-0.4, -0.2) is 49.1 Å². The lowest BCUT2D eigenvalue weighted by Crippen LogP contribution is -2.31. The van der Waals surface area contributed by atoms with Crippen LogP contribution in [0.1, 0.15) is 6.42 Å². The molecule has 1 aliphatic heterocycles. The van der Waals surface area contributed by atoms with Crippen molar-refractivity contribution in [1.82, 2.24) is 15.1 Å². The summed E-state index contributed by atoms with van der Waals surface area (Å²) in [5.74, 6) is -0.434. The van der Waals surface area contributed by atoms with Crippen molar-refractivity contribution in [2.24, 2.45) is 0 Å². The van der Waals surface area contributed by atoms with E-state index < -0.39 is 27.1 Å². The summed E-state index contributed by atoms with van der Waals surface area (Å²) in [4.78, 5) is 11.8. The first-order valence-electron chi connectivity index (χ1n) is 7.17. The van der Waals surface area contributed by atoms with Gasteiger partial charge >= 0.3 is 5.97 Å². The molecule has 0 amide bonds. The van der Waals surface area contributed by atoms with Crippen LogP contribution in [0.15, 0.2) is 47.6 Å². The van der Waals surface area contributed by atoms with Crippen LogP contribution in [0.5, 0.6) is 0 Å². The van der Waals surface area contributed by atoms with Gasteiger partial charge in [-0.25, -0.2) is 13.1 Å². The Morgan fingerprint density at radius 3 is 2.70 bits per heavy atom.